The number of hydrogen-bond acceptors (Lipinski definition) is 3. The van der Waals surface area contributed by atoms with E-state index in [9.17, 15) is 15.0 Å². The van der Waals surface area contributed by atoms with E-state index in [1.807, 2.05) is 12.1 Å². The minimum absolute atomic E-state index is 0.189. The summed E-state index contributed by atoms with van der Waals surface area (Å²) in [6.07, 6.45) is 12.3. The third kappa shape index (κ3) is 4.12. The lowest BCUT2D eigenvalue weighted by molar-refractivity contribution is -0.240. The van der Waals surface area contributed by atoms with Crippen molar-refractivity contribution in [2.45, 2.75) is 118 Å². The maximum atomic E-state index is 12.9. The topological polar surface area (TPSA) is 69.6 Å². The molecule has 0 aliphatic heterocycles. The van der Waals surface area contributed by atoms with Crippen LogP contribution in [0.2, 0.25) is 0 Å². The molecule has 232 valence electrons. The molecule has 0 saturated heterocycles. The molecule has 42 heavy (non-hydrogen) atoms. The third-order valence-corrected chi connectivity index (χ3v) is 15.3. The molecule has 5 saturated carbocycles. The Kier molecular flexibility index (Phi) is 7.28. The SMILES string of the molecule is C=C(C)[C@@H]1CC[C@]2(C(=O)O)CC[C@]3(C)[C@H](CC[C@@H]4[C@@]5(C)CCC(NCCc6ccc(O)cc6)C(C)(C)[C@@H]5CC[C@]43C)[C@@H]12. The zero-order valence-corrected chi connectivity index (χ0v) is 27.3. The van der Waals surface area contributed by atoms with E-state index in [0.29, 0.717) is 40.9 Å². The molecule has 0 spiro atoms. The number of carboxylic acids is 1. The van der Waals surface area contributed by atoms with Crippen LogP contribution in [-0.2, 0) is 11.2 Å². The van der Waals surface area contributed by atoms with Crippen LogP contribution in [-0.4, -0.2) is 28.8 Å². The Bertz CT molecular complexity index is 1220. The van der Waals surface area contributed by atoms with E-state index in [1.54, 1.807) is 12.1 Å². The fourth-order valence-electron chi connectivity index (χ4n) is 12.9. The van der Waals surface area contributed by atoms with Crippen molar-refractivity contribution >= 4 is 5.97 Å². The van der Waals surface area contributed by atoms with Gasteiger partial charge in [0.1, 0.15) is 5.75 Å². The van der Waals surface area contributed by atoms with E-state index in [0.717, 1.165) is 38.6 Å². The van der Waals surface area contributed by atoms with Gasteiger partial charge >= 0.3 is 5.97 Å². The molecule has 3 N–H and O–H groups in total. The van der Waals surface area contributed by atoms with Crippen molar-refractivity contribution in [3.05, 3.63) is 42.0 Å². The van der Waals surface area contributed by atoms with Crippen LogP contribution in [0.4, 0.5) is 0 Å². The largest absolute Gasteiger partial charge is 0.508 e. The zero-order chi connectivity index (χ0) is 30.3. The zero-order valence-electron chi connectivity index (χ0n) is 27.3. The van der Waals surface area contributed by atoms with Crippen LogP contribution in [0.3, 0.4) is 0 Å². The average molecular weight is 576 g/mol. The summed E-state index contributed by atoms with van der Waals surface area (Å²) in [6.45, 7) is 20.5. The second kappa shape index (κ2) is 10.1. The smallest absolute Gasteiger partial charge is 0.309 e. The number of fused-ring (bicyclic) bond motifs is 7. The van der Waals surface area contributed by atoms with E-state index >= 15 is 0 Å². The molecule has 1 aromatic rings. The molecular weight excluding hydrogens is 518 g/mol. The normalized spacial score (nSPS) is 45.7. The van der Waals surface area contributed by atoms with E-state index in [1.165, 1.54) is 49.7 Å². The number of aromatic hydroxyl groups is 1. The maximum Gasteiger partial charge on any atom is 0.309 e. The van der Waals surface area contributed by atoms with E-state index in [-0.39, 0.29) is 22.2 Å². The van der Waals surface area contributed by atoms with Crippen molar-refractivity contribution in [1.82, 2.24) is 5.32 Å². The fourth-order valence-corrected chi connectivity index (χ4v) is 12.9. The van der Waals surface area contributed by atoms with Crippen molar-refractivity contribution in [2.24, 2.45) is 56.7 Å². The first kappa shape index (κ1) is 30.2. The van der Waals surface area contributed by atoms with Crippen molar-refractivity contribution in [2.75, 3.05) is 6.54 Å². The van der Waals surface area contributed by atoms with Gasteiger partial charge in [0.05, 0.1) is 5.41 Å². The molecule has 0 radical (unpaired) electrons. The summed E-state index contributed by atoms with van der Waals surface area (Å²) in [4.78, 5) is 12.9. The number of phenolic OH excluding ortho intramolecular Hbond substituents is 1. The van der Waals surface area contributed by atoms with Gasteiger partial charge in [-0.05, 0) is 153 Å². The first-order valence-electron chi connectivity index (χ1n) is 17.1. The summed E-state index contributed by atoms with van der Waals surface area (Å²) in [7, 11) is 0. The third-order valence-electron chi connectivity index (χ3n) is 15.3. The molecule has 0 aromatic heterocycles. The number of benzene rings is 1. The number of hydrogen-bond donors (Lipinski definition) is 3. The Morgan fingerprint density at radius 3 is 2.26 bits per heavy atom. The molecule has 5 fully saturated rings. The van der Waals surface area contributed by atoms with Crippen LogP contribution in [0.25, 0.3) is 0 Å². The van der Waals surface area contributed by atoms with Gasteiger partial charge in [0, 0.05) is 6.04 Å². The molecule has 5 aliphatic rings. The number of carbonyl (C=O) groups is 1. The van der Waals surface area contributed by atoms with Gasteiger partial charge in [0.15, 0.2) is 0 Å². The summed E-state index contributed by atoms with van der Waals surface area (Å²) >= 11 is 0. The molecule has 6 rings (SSSR count). The summed E-state index contributed by atoms with van der Waals surface area (Å²) in [5.74, 6) is 2.29. The molecule has 1 aromatic carbocycles. The molecule has 4 heteroatoms. The molecule has 5 aliphatic carbocycles. The van der Waals surface area contributed by atoms with Gasteiger partial charge in [-0.3, -0.25) is 4.79 Å². The lowest BCUT2D eigenvalue weighted by atomic mass is 9.32. The highest BCUT2D eigenvalue weighted by Crippen LogP contribution is 2.77. The minimum Gasteiger partial charge on any atom is -0.508 e. The lowest BCUT2D eigenvalue weighted by Gasteiger charge is -2.73. The van der Waals surface area contributed by atoms with Crippen LogP contribution in [0, 0.1) is 56.7 Å². The van der Waals surface area contributed by atoms with Gasteiger partial charge in [-0.15, -0.1) is 0 Å². The second-order valence-electron chi connectivity index (χ2n) is 16.9. The van der Waals surface area contributed by atoms with Crippen LogP contribution < -0.4 is 5.32 Å². The van der Waals surface area contributed by atoms with Crippen molar-refractivity contribution in [3.63, 3.8) is 0 Å². The van der Waals surface area contributed by atoms with Crippen molar-refractivity contribution < 1.29 is 15.0 Å². The Morgan fingerprint density at radius 2 is 1.60 bits per heavy atom. The van der Waals surface area contributed by atoms with E-state index in [2.05, 4.69) is 53.4 Å². The van der Waals surface area contributed by atoms with Crippen molar-refractivity contribution in [1.29, 1.82) is 0 Å². The molecule has 0 amide bonds. The molecular formula is C38H57NO3. The highest BCUT2D eigenvalue weighted by molar-refractivity contribution is 5.76. The molecule has 0 heterocycles. The monoisotopic (exact) mass is 575 g/mol. The lowest BCUT2D eigenvalue weighted by Crippen LogP contribution is -2.67. The number of rotatable bonds is 6. The van der Waals surface area contributed by atoms with Crippen LogP contribution in [0.15, 0.2) is 36.4 Å². The molecule has 4 nitrogen and oxygen atoms in total. The van der Waals surface area contributed by atoms with Gasteiger partial charge in [-0.2, -0.15) is 0 Å². The number of phenols is 1. The van der Waals surface area contributed by atoms with E-state index in [4.69, 9.17) is 0 Å². The summed E-state index contributed by atoms with van der Waals surface area (Å²) < 4.78 is 0. The first-order valence-corrected chi connectivity index (χ1v) is 17.1. The minimum atomic E-state index is -0.538. The summed E-state index contributed by atoms with van der Waals surface area (Å²) in [5.41, 5.74) is 2.94. The number of nitrogens with one attached hydrogen (secondary N) is 1. The van der Waals surface area contributed by atoms with Gasteiger partial charge in [-0.25, -0.2) is 0 Å². The van der Waals surface area contributed by atoms with Gasteiger partial charge in [0.2, 0.25) is 0 Å². The maximum absolute atomic E-state index is 12.9. The van der Waals surface area contributed by atoms with Gasteiger partial charge < -0.3 is 15.5 Å². The average Bonchev–Trinajstić information content (AvgIpc) is 3.33. The quantitative estimate of drug-likeness (QED) is 0.297. The first-order chi connectivity index (χ1) is 19.7. The standard InChI is InChI=1S/C38H57NO3/c1-24(2)27-14-20-38(33(41)42)22-21-36(6)28(32(27)38)12-13-30-35(5)18-16-31(34(3,4)29(35)15-19-37(30,36)7)39-23-17-25-8-10-26(40)11-9-25/h8-11,27-32,39-40H,1,12-23H2,2-7H3,(H,41,42)/t27-,28+,29-,30+,31?,32+,35-,36+,37+,38-/m0/s1. The highest BCUT2D eigenvalue weighted by Gasteiger charge is 2.72. The number of aliphatic carboxylic acids is 1. The van der Waals surface area contributed by atoms with E-state index < -0.39 is 11.4 Å². The number of carboxylic acid groups (broad SMARTS) is 1. The number of allylic oxidation sites excluding steroid dienone is 1. The molecule has 10 atom stereocenters. The van der Waals surface area contributed by atoms with Crippen LogP contribution in [0.5, 0.6) is 5.75 Å². The Labute approximate surface area is 255 Å². The Morgan fingerprint density at radius 1 is 0.881 bits per heavy atom. The fraction of sp³-hybridized carbons (Fsp3) is 0.763. The molecule has 0 bridgehead atoms. The predicted molar refractivity (Wildman–Crippen MR) is 170 cm³/mol. The Hall–Kier alpha value is -1.81. The predicted octanol–water partition coefficient (Wildman–Crippen LogP) is 8.64. The van der Waals surface area contributed by atoms with Gasteiger partial charge in [-0.1, -0.05) is 58.9 Å². The molecule has 1 unspecified atom stereocenters. The summed E-state index contributed by atoms with van der Waals surface area (Å²) in [5, 5.41) is 24.3. The van der Waals surface area contributed by atoms with Crippen LogP contribution >= 0.6 is 0 Å². The van der Waals surface area contributed by atoms with Crippen LogP contribution in [0.1, 0.15) is 111 Å². The van der Waals surface area contributed by atoms with Crippen molar-refractivity contribution in [3.8, 4) is 5.75 Å². The Balaban J connectivity index is 1.24. The van der Waals surface area contributed by atoms with Gasteiger partial charge in [0.25, 0.3) is 0 Å². The summed E-state index contributed by atoms with van der Waals surface area (Å²) in [6, 6.07) is 8.17. The second-order valence-corrected chi connectivity index (χ2v) is 16.9. The highest BCUT2D eigenvalue weighted by atomic mass is 16.4.